The summed E-state index contributed by atoms with van der Waals surface area (Å²) >= 11 is 3.32. The monoisotopic (exact) mass is 292 g/mol. The Morgan fingerprint density at radius 2 is 2.24 bits per heavy atom. The molecule has 88 valence electrons. The van der Waals surface area contributed by atoms with Gasteiger partial charge in [-0.05, 0) is 46.1 Å². The molecule has 0 aliphatic rings. The lowest BCUT2D eigenvalue weighted by Gasteiger charge is -2.09. The molecule has 5 heteroatoms. The van der Waals surface area contributed by atoms with Crippen LogP contribution in [0.2, 0.25) is 0 Å². The SMILES string of the molecule is Cc1ccncc1CNc1ncc(Br)cc1N. The largest absolute Gasteiger partial charge is 0.396 e. The van der Waals surface area contributed by atoms with E-state index in [1.54, 1.807) is 12.4 Å². The Morgan fingerprint density at radius 1 is 1.41 bits per heavy atom. The van der Waals surface area contributed by atoms with E-state index in [9.17, 15) is 0 Å². The van der Waals surface area contributed by atoms with Gasteiger partial charge in [0.2, 0.25) is 0 Å². The van der Waals surface area contributed by atoms with Crippen molar-refractivity contribution in [1.29, 1.82) is 0 Å². The van der Waals surface area contributed by atoms with Crippen molar-refractivity contribution in [2.75, 3.05) is 11.1 Å². The first-order valence-corrected chi connectivity index (χ1v) is 6.00. The number of nitrogens with zero attached hydrogens (tertiary/aromatic N) is 2. The minimum atomic E-state index is 0.626. The zero-order valence-electron chi connectivity index (χ0n) is 9.44. The van der Waals surface area contributed by atoms with Crippen LogP contribution >= 0.6 is 15.9 Å². The molecular formula is C12H13BrN4. The van der Waals surface area contributed by atoms with Crippen molar-refractivity contribution in [3.05, 3.63) is 46.3 Å². The Kier molecular flexibility index (Phi) is 3.58. The van der Waals surface area contributed by atoms with Gasteiger partial charge in [0.25, 0.3) is 0 Å². The number of hydrogen-bond acceptors (Lipinski definition) is 4. The van der Waals surface area contributed by atoms with E-state index in [-0.39, 0.29) is 0 Å². The second-order valence-corrected chi connectivity index (χ2v) is 4.66. The number of rotatable bonds is 3. The molecule has 2 heterocycles. The number of halogens is 1. The summed E-state index contributed by atoms with van der Waals surface area (Å²) in [5.74, 6) is 0.691. The zero-order valence-corrected chi connectivity index (χ0v) is 11.0. The molecule has 0 radical (unpaired) electrons. The number of nitrogen functional groups attached to an aromatic ring is 1. The van der Waals surface area contributed by atoms with Gasteiger partial charge in [-0.3, -0.25) is 4.98 Å². The number of nitrogens with two attached hydrogens (primary N) is 1. The highest BCUT2D eigenvalue weighted by Gasteiger charge is 2.02. The Balaban J connectivity index is 2.10. The number of anilines is 2. The molecule has 2 aromatic rings. The van der Waals surface area contributed by atoms with Crippen LogP contribution in [0, 0.1) is 6.92 Å². The van der Waals surface area contributed by atoms with Crippen LogP contribution in [0.15, 0.2) is 35.2 Å². The zero-order chi connectivity index (χ0) is 12.3. The molecule has 0 amide bonds. The standard InChI is InChI=1S/C12H13BrN4/c1-8-2-3-15-5-9(8)6-16-12-11(14)4-10(13)7-17-12/h2-5,7H,6,14H2,1H3,(H,16,17). The van der Waals surface area contributed by atoms with Crippen LogP contribution in [0.25, 0.3) is 0 Å². The molecule has 17 heavy (non-hydrogen) atoms. The number of hydrogen-bond donors (Lipinski definition) is 2. The first-order valence-electron chi connectivity index (χ1n) is 5.21. The van der Waals surface area contributed by atoms with Gasteiger partial charge in [0.1, 0.15) is 5.82 Å². The molecule has 0 aromatic carbocycles. The average molecular weight is 293 g/mol. The van der Waals surface area contributed by atoms with E-state index in [0.29, 0.717) is 18.1 Å². The van der Waals surface area contributed by atoms with Crippen molar-refractivity contribution in [1.82, 2.24) is 9.97 Å². The van der Waals surface area contributed by atoms with Crippen LogP contribution in [0.4, 0.5) is 11.5 Å². The number of aryl methyl sites for hydroxylation is 1. The molecular weight excluding hydrogens is 280 g/mol. The van der Waals surface area contributed by atoms with E-state index >= 15 is 0 Å². The van der Waals surface area contributed by atoms with Crippen molar-refractivity contribution < 1.29 is 0 Å². The second kappa shape index (κ2) is 5.14. The summed E-state index contributed by atoms with van der Waals surface area (Å²) < 4.78 is 0.873. The fourth-order valence-corrected chi connectivity index (χ4v) is 1.81. The molecule has 0 atom stereocenters. The maximum absolute atomic E-state index is 5.85. The molecule has 0 bridgehead atoms. The minimum Gasteiger partial charge on any atom is -0.396 e. The molecule has 0 saturated heterocycles. The lowest BCUT2D eigenvalue weighted by Crippen LogP contribution is -2.05. The van der Waals surface area contributed by atoms with Gasteiger partial charge >= 0.3 is 0 Å². The van der Waals surface area contributed by atoms with Gasteiger partial charge in [-0.25, -0.2) is 4.98 Å². The fourth-order valence-electron chi connectivity index (χ4n) is 1.46. The summed E-state index contributed by atoms with van der Waals surface area (Å²) in [6.07, 6.45) is 5.34. The second-order valence-electron chi connectivity index (χ2n) is 3.75. The van der Waals surface area contributed by atoms with Gasteiger partial charge in [-0.15, -0.1) is 0 Å². The van der Waals surface area contributed by atoms with E-state index in [0.717, 1.165) is 10.0 Å². The van der Waals surface area contributed by atoms with Crippen molar-refractivity contribution >= 4 is 27.4 Å². The van der Waals surface area contributed by atoms with E-state index < -0.39 is 0 Å². The fraction of sp³-hybridized carbons (Fsp3) is 0.167. The van der Waals surface area contributed by atoms with Crippen molar-refractivity contribution in [3.63, 3.8) is 0 Å². The van der Waals surface area contributed by atoms with Crippen LogP contribution in [-0.4, -0.2) is 9.97 Å². The van der Waals surface area contributed by atoms with E-state index in [1.807, 2.05) is 18.3 Å². The van der Waals surface area contributed by atoms with E-state index in [2.05, 4.69) is 38.1 Å². The van der Waals surface area contributed by atoms with Gasteiger partial charge in [0.05, 0.1) is 5.69 Å². The maximum Gasteiger partial charge on any atom is 0.149 e. The minimum absolute atomic E-state index is 0.626. The highest BCUT2D eigenvalue weighted by molar-refractivity contribution is 9.10. The molecule has 0 aliphatic heterocycles. The summed E-state index contributed by atoms with van der Waals surface area (Å²) in [5, 5.41) is 3.20. The van der Waals surface area contributed by atoms with Crippen molar-refractivity contribution in [2.24, 2.45) is 0 Å². The Morgan fingerprint density at radius 3 is 2.94 bits per heavy atom. The van der Waals surface area contributed by atoms with Crippen LogP contribution in [-0.2, 0) is 6.54 Å². The Bertz CT molecular complexity index is 528. The summed E-state index contributed by atoms with van der Waals surface area (Å²) in [6.45, 7) is 2.72. The van der Waals surface area contributed by atoms with Gasteiger partial charge in [0, 0.05) is 29.6 Å². The Labute approximate surface area is 108 Å². The third kappa shape index (κ3) is 2.94. The maximum atomic E-state index is 5.85. The smallest absolute Gasteiger partial charge is 0.149 e. The summed E-state index contributed by atoms with van der Waals surface area (Å²) in [4.78, 5) is 8.31. The number of pyridine rings is 2. The van der Waals surface area contributed by atoms with Gasteiger partial charge in [0.15, 0.2) is 0 Å². The average Bonchev–Trinajstić information content (AvgIpc) is 2.30. The molecule has 2 rings (SSSR count). The van der Waals surface area contributed by atoms with Gasteiger partial charge < -0.3 is 11.1 Å². The molecule has 0 fully saturated rings. The summed E-state index contributed by atoms with van der Waals surface area (Å²) in [5.41, 5.74) is 8.81. The lowest BCUT2D eigenvalue weighted by molar-refractivity contribution is 1.06. The highest BCUT2D eigenvalue weighted by atomic mass is 79.9. The van der Waals surface area contributed by atoms with E-state index in [4.69, 9.17) is 5.73 Å². The molecule has 3 N–H and O–H groups in total. The predicted molar refractivity (Wildman–Crippen MR) is 72.7 cm³/mol. The third-order valence-corrected chi connectivity index (χ3v) is 2.91. The van der Waals surface area contributed by atoms with Crippen LogP contribution in [0.1, 0.15) is 11.1 Å². The van der Waals surface area contributed by atoms with Crippen molar-refractivity contribution in [3.8, 4) is 0 Å². The molecule has 0 spiro atoms. The van der Waals surface area contributed by atoms with E-state index in [1.165, 1.54) is 5.56 Å². The van der Waals surface area contributed by atoms with Crippen LogP contribution < -0.4 is 11.1 Å². The molecule has 0 unspecified atom stereocenters. The molecule has 0 aliphatic carbocycles. The first-order chi connectivity index (χ1) is 8.16. The van der Waals surface area contributed by atoms with Crippen LogP contribution in [0.5, 0.6) is 0 Å². The topological polar surface area (TPSA) is 63.8 Å². The highest BCUT2D eigenvalue weighted by Crippen LogP contribution is 2.20. The van der Waals surface area contributed by atoms with Gasteiger partial charge in [-0.1, -0.05) is 0 Å². The lowest BCUT2D eigenvalue weighted by atomic mass is 10.1. The number of nitrogens with one attached hydrogen (secondary N) is 1. The van der Waals surface area contributed by atoms with Crippen LogP contribution in [0.3, 0.4) is 0 Å². The first kappa shape index (κ1) is 11.9. The Hall–Kier alpha value is -1.62. The summed E-state index contributed by atoms with van der Waals surface area (Å²) in [6, 6.07) is 3.81. The summed E-state index contributed by atoms with van der Waals surface area (Å²) in [7, 11) is 0. The quantitative estimate of drug-likeness (QED) is 0.913. The normalized spacial score (nSPS) is 10.2. The van der Waals surface area contributed by atoms with Gasteiger partial charge in [-0.2, -0.15) is 0 Å². The third-order valence-electron chi connectivity index (χ3n) is 2.48. The molecule has 4 nitrogen and oxygen atoms in total. The number of aromatic nitrogens is 2. The molecule has 0 saturated carbocycles. The molecule has 2 aromatic heterocycles. The van der Waals surface area contributed by atoms with Crippen molar-refractivity contribution in [2.45, 2.75) is 13.5 Å². The predicted octanol–water partition coefficient (Wildman–Crippen LogP) is 2.74.